The summed E-state index contributed by atoms with van der Waals surface area (Å²) in [6.07, 6.45) is 5.44. The maximum Gasteiger partial charge on any atom is 0.262 e. The number of aromatic nitrogens is 5. The molecule has 2 aromatic rings. The number of sulfonamides is 1. The third-order valence-corrected chi connectivity index (χ3v) is 6.85. The van der Waals surface area contributed by atoms with Gasteiger partial charge in [-0.2, -0.15) is 4.31 Å². The highest BCUT2D eigenvalue weighted by atomic mass is 32.2. The fraction of sp³-hybridized carbons (Fsp3) is 0.667. The molecule has 8 nitrogen and oxygen atoms in total. The Morgan fingerprint density at radius 2 is 1.96 bits per heavy atom. The summed E-state index contributed by atoms with van der Waals surface area (Å²) in [4.78, 5) is 4.07. The van der Waals surface area contributed by atoms with Crippen LogP contribution in [0.1, 0.15) is 44.3 Å². The van der Waals surface area contributed by atoms with Crippen LogP contribution >= 0.6 is 0 Å². The highest BCUT2D eigenvalue weighted by molar-refractivity contribution is 7.89. The average Bonchev–Trinajstić information content (AvgIpc) is 3.17. The average molecular weight is 350 g/mol. The summed E-state index contributed by atoms with van der Waals surface area (Å²) in [6, 6.07) is -0.121. The maximum atomic E-state index is 13.1. The van der Waals surface area contributed by atoms with E-state index in [2.05, 4.69) is 33.6 Å². The fourth-order valence-electron chi connectivity index (χ4n) is 3.87. The molecule has 2 aliphatic heterocycles. The first-order valence-corrected chi connectivity index (χ1v) is 9.75. The summed E-state index contributed by atoms with van der Waals surface area (Å²) in [6.45, 7) is 4.80. The van der Waals surface area contributed by atoms with Gasteiger partial charge in [0.05, 0.1) is 6.33 Å². The third kappa shape index (κ3) is 2.29. The van der Waals surface area contributed by atoms with Crippen molar-refractivity contribution >= 4 is 10.0 Å². The summed E-state index contributed by atoms with van der Waals surface area (Å²) in [7, 11) is -1.81. The van der Waals surface area contributed by atoms with Crippen molar-refractivity contribution in [3.63, 3.8) is 0 Å². The van der Waals surface area contributed by atoms with Crippen molar-refractivity contribution in [1.82, 2.24) is 28.6 Å². The quantitative estimate of drug-likeness (QED) is 0.821. The van der Waals surface area contributed by atoms with Crippen molar-refractivity contribution in [1.29, 1.82) is 0 Å². The van der Waals surface area contributed by atoms with Crippen molar-refractivity contribution in [3.05, 3.63) is 24.2 Å². The van der Waals surface area contributed by atoms with Gasteiger partial charge in [-0.1, -0.05) is 13.8 Å². The van der Waals surface area contributed by atoms with Crippen LogP contribution in [-0.2, 0) is 30.0 Å². The molecule has 1 saturated heterocycles. The van der Waals surface area contributed by atoms with Crippen LogP contribution in [0.4, 0.5) is 0 Å². The zero-order valence-electron chi connectivity index (χ0n) is 14.1. The molecule has 0 amide bonds. The second-order valence-corrected chi connectivity index (χ2v) is 8.83. The van der Waals surface area contributed by atoms with Crippen LogP contribution in [0.2, 0.25) is 0 Å². The molecule has 130 valence electrons. The molecule has 9 heteroatoms. The van der Waals surface area contributed by atoms with Crippen molar-refractivity contribution in [2.45, 2.75) is 62.7 Å². The second-order valence-electron chi connectivity index (χ2n) is 7.04. The number of fused-ring (bicyclic) bond motifs is 3. The largest absolute Gasteiger partial charge is 0.339 e. The Hall–Kier alpha value is -1.74. The van der Waals surface area contributed by atoms with E-state index < -0.39 is 10.0 Å². The van der Waals surface area contributed by atoms with Crippen molar-refractivity contribution in [2.24, 2.45) is 7.05 Å². The highest BCUT2D eigenvalue weighted by Gasteiger charge is 2.46. The molecule has 0 aromatic carbocycles. The Morgan fingerprint density at radius 1 is 1.21 bits per heavy atom. The van der Waals surface area contributed by atoms with Crippen molar-refractivity contribution < 1.29 is 8.42 Å². The van der Waals surface area contributed by atoms with E-state index >= 15 is 0 Å². The first-order valence-electron chi connectivity index (χ1n) is 8.31. The summed E-state index contributed by atoms with van der Waals surface area (Å²) in [5.74, 6) is 2.10. The minimum Gasteiger partial charge on any atom is -0.339 e. The lowest BCUT2D eigenvalue weighted by Gasteiger charge is -2.26. The van der Waals surface area contributed by atoms with E-state index in [1.807, 2.05) is 0 Å². The van der Waals surface area contributed by atoms with Gasteiger partial charge in [-0.25, -0.2) is 13.4 Å². The Kier molecular flexibility index (Phi) is 3.54. The van der Waals surface area contributed by atoms with Gasteiger partial charge >= 0.3 is 0 Å². The number of imidazole rings is 1. The minimum absolute atomic E-state index is 0.0586. The Morgan fingerprint density at radius 3 is 2.62 bits per heavy atom. The van der Waals surface area contributed by atoms with Crippen LogP contribution in [0.15, 0.2) is 17.6 Å². The molecular weight excluding hydrogens is 328 g/mol. The molecular formula is C15H22N6O2S. The van der Waals surface area contributed by atoms with Crippen molar-refractivity contribution in [3.8, 4) is 0 Å². The number of nitrogens with zero attached hydrogens (tertiary/aromatic N) is 6. The Bertz CT molecular complexity index is 868. The van der Waals surface area contributed by atoms with Gasteiger partial charge in [0.25, 0.3) is 10.0 Å². The van der Waals surface area contributed by atoms with Gasteiger partial charge in [0.2, 0.25) is 0 Å². The molecule has 4 heterocycles. The van der Waals surface area contributed by atoms with E-state index in [1.54, 1.807) is 22.1 Å². The number of hydrogen-bond donors (Lipinski definition) is 0. The van der Waals surface area contributed by atoms with E-state index in [0.717, 1.165) is 24.5 Å². The molecule has 2 bridgehead atoms. The van der Waals surface area contributed by atoms with E-state index in [9.17, 15) is 8.42 Å². The van der Waals surface area contributed by atoms with E-state index in [0.29, 0.717) is 13.0 Å². The summed E-state index contributed by atoms with van der Waals surface area (Å²) < 4.78 is 31.7. The zero-order valence-corrected chi connectivity index (χ0v) is 14.9. The molecule has 2 unspecified atom stereocenters. The smallest absolute Gasteiger partial charge is 0.262 e. The number of aryl methyl sites for hydroxylation is 1. The van der Waals surface area contributed by atoms with Gasteiger partial charge in [0.1, 0.15) is 11.6 Å². The first kappa shape index (κ1) is 15.8. The van der Waals surface area contributed by atoms with Crippen LogP contribution in [0.25, 0.3) is 0 Å². The van der Waals surface area contributed by atoms with Gasteiger partial charge in [0, 0.05) is 44.2 Å². The molecule has 1 fully saturated rings. The minimum atomic E-state index is -3.59. The number of rotatable bonds is 3. The van der Waals surface area contributed by atoms with Crippen LogP contribution in [0, 0.1) is 0 Å². The van der Waals surface area contributed by atoms with Gasteiger partial charge in [0.15, 0.2) is 5.03 Å². The first-order chi connectivity index (χ1) is 11.4. The Labute approximate surface area is 141 Å². The number of hydrogen-bond acceptors (Lipinski definition) is 5. The fourth-order valence-corrected chi connectivity index (χ4v) is 5.70. The van der Waals surface area contributed by atoms with Gasteiger partial charge < -0.3 is 9.13 Å². The van der Waals surface area contributed by atoms with E-state index in [4.69, 9.17) is 0 Å². The predicted octanol–water partition coefficient (Wildman–Crippen LogP) is 0.913. The molecule has 0 spiro atoms. The summed E-state index contributed by atoms with van der Waals surface area (Å²) in [5, 5.41) is 8.76. The lowest BCUT2D eigenvalue weighted by atomic mass is 10.1. The lowest BCUT2D eigenvalue weighted by Crippen LogP contribution is -2.42. The standard InChI is InChI=1S/C15H22N6O2S/c1-10(2)15-18-17-13-6-11-4-5-12(7-20(13)15)21(11)24(22,23)14-8-19(3)9-16-14/h8-12H,4-7H2,1-3H3. The molecule has 2 aromatic heterocycles. The summed E-state index contributed by atoms with van der Waals surface area (Å²) in [5.41, 5.74) is 0. The lowest BCUT2D eigenvalue weighted by molar-refractivity contribution is 0.312. The van der Waals surface area contributed by atoms with Crippen molar-refractivity contribution in [2.75, 3.05) is 0 Å². The predicted molar refractivity (Wildman–Crippen MR) is 86.9 cm³/mol. The third-order valence-electron chi connectivity index (χ3n) is 4.96. The van der Waals surface area contributed by atoms with Crippen LogP contribution < -0.4 is 0 Å². The van der Waals surface area contributed by atoms with Gasteiger partial charge in [-0.05, 0) is 12.8 Å². The molecule has 2 atom stereocenters. The van der Waals surface area contributed by atoms with Crippen LogP contribution in [0.5, 0.6) is 0 Å². The highest BCUT2D eigenvalue weighted by Crippen LogP contribution is 2.36. The molecule has 2 aliphatic rings. The van der Waals surface area contributed by atoms with E-state index in [1.165, 1.54) is 6.33 Å². The molecule has 0 aliphatic carbocycles. The normalized spacial score (nSPS) is 24.3. The monoisotopic (exact) mass is 350 g/mol. The van der Waals surface area contributed by atoms with Gasteiger partial charge in [-0.15, -0.1) is 10.2 Å². The topological polar surface area (TPSA) is 85.9 Å². The molecule has 0 radical (unpaired) electrons. The second kappa shape index (κ2) is 5.38. The van der Waals surface area contributed by atoms with E-state index in [-0.39, 0.29) is 23.0 Å². The maximum absolute atomic E-state index is 13.1. The zero-order chi connectivity index (χ0) is 17.1. The molecule has 24 heavy (non-hydrogen) atoms. The van der Waals surface area contributed by atoms with Gasteiger partial charge in [-0.3, -0.25) is 0 Å². The molecule has 4 rings (SSSR count). The molecule has 0 saturated carbocycles. The Balaban J connectivity index is 1.73. The summed E-state index contributed by atoms with van der Waals surface area (Å²) >= 11 is 0. The van der Waals surface area contributed by atoms with Crippen LogP contribution in [-0.4, -0.2) is 49.1 Å². The SMILES string of the molecule is CC(C)c1nnc2n1CC1CCC(C2)N1S(=O)(=O)c1cn(C)cn1. The van der Waals surface area contributed by atoms with Crippen LogP contribution in [0.3, 0.4) is 0 Å². The molecule has 0 N–H and O–H groups in total.